The van der Waals surface area contributed by atoms with E-state index in [1.54, 1.807) is 20.5 Å². The number of amides is 1. The third-order valence-corrected chi connectivity index (χ3v) is 7.28. The molecule has 9 nitrogen and oxygen atoms in total. The van der Waals surface area contributed by atoms with Crippen LogP contribution >= 0.6 is 0 Å². The van der Waals surface area contributed by atoms with E-state index < -0.39 is 0 Å². The Labute approximate surface area is 195 Å². The topological polar surface area (TPSA) is 80.3 Å². The number of likely N-dealkylation sites (N-methyl/N-ethyl adjacent to an activating group) is 1. The van der Waals surface area contributed by atoms with Crippen LogP contribution in [0.4, 0.5) is 0 Å². The van der Waals surface area contributed by atoms with Crippen molar-refractivity contribution in [2.45, 2.75) is 44.4 Å². The highest BCUT2D eigenvalue weighted by Gasteiger charge is 2.39. The fourth-order valence-electron chi connectivity index (χ4n) is 5.16. The van der Waals surface area contributed by atoms with E-state index in [-0.39, 0.29) is 24.0 Å². The summed E-state index contributed by atoms with van der Waals surface area (Å²) in [6.45, 7) is 3.79. The van der Waals surface area contributed by atoms with Gasteiger partial charge in [-0.2, -0.15) is 0 Å². The van der Waals surface area contributed by atoms with Crippen LogP contribution in [0.1, 0.15) is 30.5 Å². The lowest BCUT2D eigenvalue weighted by molar-refractivity contribution is -0.142. The van der Waals surface area contributed by atoms with E-state index in [0.29, 0.717) is 12.4 Å². The first-order valence-corrected chi connectivity index (χ1v) is 11.8. The Morgan fingerprint density at radius 1 is 1.09 bits per heavy atom. The molecule has 3 aliphatic heterocycles. The summed E-state index contributed by atoms with van der Waals surface area (Å²) in [6.07, 6.45) is 9.29. The molecule has 0 N–H and O–H groups in total. The third-order valence-electron chi connectivity index (χ3n) is 7.28. The van der Waals surface area contributed by atoms with Crippen LogP contribution in [-0.2, 0) is 27.2 Å². The summed E-state index contributed by atoms with van der Waals surface area (Å²) in [5, 5.41) is 0. The maximum atomic E-state index is 12.8. The van der Waals surface area contributed by atoms with Crippen molar-refractivity contribution in [3.63, 3.8) is 0 Å². The van der Waals surface area contributed by atoms with Gasteiger partial charge in [0.1, 0.15) is 12.4 Å². The molecule has 33 heavy (non-hydrogen) atoms. The van der Waals surface area contributed by atoms with Crippen molar-refractivity contribution >= 4 is 5.91 Å². The van der Waals surface area contributed by atoms with Gasteiger partial charge in [-0.05, 0) is 25.0 Å². The molecule has 1 aliphatic carbocycles. The summed E-state index contributed by atoms with van der Waals surface area (Å²) in [5.74, 6) is 1.86. The Morgan fingerprint density at radius 2 is 1.94 bits per heavy atom. The van der Waals surface area contributed by atoms with Gasteiger partial charge < -0.3 is 28.9 Å². The zero-order chi connectivity index (χ0) is 22.9. The number of methoxy groups -OCH3 is 2. The number of hydrogen-bond donors (Lipinski definition) is 0. The minimum atomic E-state index is -0.0335. The Hall–Kier alpha value is -2.81. The highest BCUT2D eigenvalue weighted by atomic mass is 16.5. The lowest BCUT2D eigenvalue weighted by atomic mass is 9.81. The van der Waals surface area contributed by atoms with Crippen molar-refractivity contribution in [1.29, 1.82) is 0 Å². The van der Waals surface area contributed by atoms with E-state index in [1.165, 1.54) is 5.70 Å². The van der Waals surface area contributed by atoms with Crippen molar-refractivity contribution in [3.05, 3.63) is 41.3 Å². The summed E-state index contributed by atoms with van der Waals surface area (Å²) in [4.78, 5) is 28.2. The lowest BCUT2D eigenvalue weighted by Crippen LogP contribution is -2.44. The lowest BCUT2D eigenvalue weighted by Gasteiger charge is -2.36. The van der Waals surface area contributed by atoms with Gasteiger partial charge in [-0.25, -0.2) is 9.97 Å². The molecule has 0 unspecified atom stereocenters. The minimum Gasteiger partial charge on any atom is -0.482 e. The van der Waals surface area contributed by atoms with Crippen LogP contribution in [0.3, 0.4) is 0 Å². The number of aromatic nitrogens is 2. The Bertz CT molecular complexity index is 958. The van der Waals surface area contributed by atoms with Gasteiger partial charge in [-0.3, -0.25) is 4.79 Å². The fraction of sp³-hybridized carbons (Fsp3) is 0.625. The van der Waals surface area contributed by atoms with Crippen LogP contribution in [0.5, 0.6) is 5.88 Å². The van der Waals surface area contributed by atoms with Crippen LogP contribution in [0, 0.1) is 5.92 Å². The van der Waals surface area contributed by atoms with Gasteiger partial charge >= 0.3 is 0 Å². The molecule has 5 rings (SSSR count). The second-order valence-corrected chi connectivity index (χ2v) is 9.34. The van der Waals surface area contributed by atoms with Crippen LogP contribution in [-0.4, -0.2) is 90.2 Å². The second-order valence-electron chi connectivity index (χ2n) is 9.34. The minimum absolute atomic E-state index is 0.0335. The molecule has 0 radical (unpaired) electrons. The number of carbonyl (C=O) groups is 1. The van der Waals surface area contributed by atoms with Crippen molar-refractivity contribution in [2.24, 2.45) is 5.92 Å². The molecular weight excluding hydrogens is 422 g/mol. The van der Waals surface area contributed by atoms with Gasteiger partial charge in [-0.1, -0.05) is 0 Å². The molecule has 1 atom stereocenters. The summed E-state index contributed by atoms with van der Waals surface area (Å²) in [7, 11) is 5.44. The van der Waals surface area contributed by atoms with E-state index in [4.69, 9.17) is 14.2 Å². The Kier molecular flexibility index (Phi) is 6.14. The molecule has 4 heterocycles. The maximum Gasteiger partial charge on any atom is 0.226 e. The van der Waals surface area contributed by atoms with E-state index in [0.717, 1.165) is 69.0 Å². The molecule has 0 aromatic carbocycles. The first-order valence-electron chi connectivity index (χ1n) is 11.8. The quantitative estimate of drug-likeness (QED) is 0.639. The smallest absolute Gasteiger partial charge is 0.226 e. The SMILES string of the molecule is COC1=CC=C(N2CCc3ncnc(O[C@H]4CCN(C(=O)C5CC(OC)C5)C4)c3C2)CN1C. The van der Waals surface area contributed by atoms with E-state index in [1.807, 2.05) is 18.0 Å². The van der Waals surface area contributed by atoms with Crippen LogP contribution in [0.2, 0.25) is 0 Å². The van der Waals surface area contributed by atoms with Gasteiger partial charge in [0.2, 0.25) is 11.8 Å². The number of likely N-dealkylation sites (tertiary alicyclic amines) is 1. The molecule has 0 spiro atoms. The zero-order valence-electron chi connectivity index (χ0n) is 19.7. The van der Waals surface area contributed by atoms with Crippen LogP contribution in [0.15, 0.2) is 30.1 Å². The van der Waals surface area contributed by atoms with E-state index in [9.17, 15) is 4.79 Å². The molecule has 1 aromatic heterocycles. The molecule has 1 saturated carbocycles. The first kappa shape index (κ1) is 22.0. The third kappa shape index (κ3) is 4.38. The van der Waals surface area contributed by atoms with Gasteiger partial charge in [-0.15, -0.1) is 0 Å². The number of rotatable bonds is 6. The predicted octanol–water partition coefficient (Wildman–Crippen LogP) is 1.56. The van der Waals surface area contributed by atoms with E-state index >= 15 is 0 Å². The molecule has 4 aliphatic rings. The molecule has 1 saturated heterocycles. The monoisotopic (exact) mass is 455 g/mol. The van der Waals surface area contributed by atoms with Crippen molar-refractivity contribution in [1.82, 2.24) is 24.7 Å². The summed E-state index contributed by atoms with van der Waals surface area (Å²) in [6, 6.07) is 0. The molecule has 1 amide bonds. The highest BCUT2D eigenvalue weighted by Crippen LogP contribution is 2.33. The fourth-order valence-corrected chi connectivity index (χ4v) is 5.16. The molecule has 9 heteroatoms. The van der Waals surface area contributed by atoms with Crippen molar-refractivity contribution in [2.75, 3.05) is 47.4 Å². The standard InChI is InChI=1S/C24H33N5O4/c1-27-12-17(4-5-22(27)32-3)28-9-7-21-20(14-28)23(26-15-25-21)33-18-6-8-29(13-18)24(30)16-10-19(11-16)31-2/h4-5,15-16,18-19H,6-14H2,1-3H3/t16?,18-,19?/m0/s1. The molecule has 1 aromatic rings. The number of allylic oxidation sites excluding steroid dienone is 2. The van der Waals surface area contributed by atoms with Crippen molar-refractivity contribution in [3.8, 4) is 5.88 Å². The Balaban J connectivity index is 1.23. The number of fused-ring (bicyclic) bond motifs is 1. The second kappa shape index (κ2) is 9.21. The molecule has 2 fully saturated rings. The molecular formula is C24H33N5O4. The van der Waals surface area contributed by atoms with Crippen molar-refractivity contribution < 1.29 is 19.0 Å². The molecule has 0 bridgehead atoms. The summed E-state index contributed by atoms with van der Waals surface area (Å²) in [5.41, 5.74) is 3.35. The highest BCUT2D eigenvalue weighted by molar-refractivity contribution is 5.80. The first-order chi connectivity index (χ1) is 16.1. The average molecular weight is 456 g/mol. The summed E-state index contributed by atoms with van der Waals surface area (Å²) < 4.78 is 17.1. The maximum absolute atomic E-state index is 12.8. The number of ether oxygens (including phenoxy) is 3. The van der Waals surface area contributed by atoms with Gasteiger partial charge in [0, 0.05) is 58.2 Å². The van der Waals surface area contributed by atoms with Crippen LogP contribution < -0.4 is 4.74 Å². The van der Waals surface area contributed by atoms with Gasteiger partial charge in [0.25, 0.3) is 0 Å². The van der Waals surface area contributed by atoms with Crippen LogP contribution in [0.25, 0.3) is 0 Å². The Morgan fingerprint density at radius 3 is 2.70 bits per heavy atom. The number of carbonyl (C=O) groups excluding carboxylic acids is 1. The number of nitrogens with zero attached hydrogens (tertiary/aromatic N) is 5. The van der Waals surface area contributed by atoms with E-state index in [2.05, 4.69) is 25.8 Å². The van der Waals surface area contributed by atoms with Gasteiger partial charge in [0.05, 0.1) is 37.6 Å². The largest absolute Gasteiger partial charge is 0.482 e. The normalized spacial score (nSPS) is 26.9. The predicted molar refractivity (Wildman–Crippen MR) is 121 cm³/mol. The average Bonchev–Trinajstić information content (AvgIpc) is 3.27. The zero-order valence-corrected chi connectivity index (χ0v) is 19.7. The molecule has 178 valence electrons. The van der Waals surface area contributed by atoms with Gasteiger partial charge in [0.15, 0.2) is 5.88 Å². The number of hydrogen-bond acceptors (Lipinski definition) is 8. The summed E-state index contributed by atoms with van der Waals surface area (Å²) >= 11 is 0.